The van der Waals surface area contributed by atoms with Gasteiger partial charge in [0.1, 0.15) is 0 Å². The smallest absolute Gasteiger partial charge is 0.213 e. The van der Waals surface area contributed by atoms with E-state index in [1.807, 2.05) is 12.1 Å². The molecule has 1 aliphatic rings. The quantitative estimate of drug-likeness (QED) is 0.760. The van der Waals surface area contributed by atoms with Gasteiger partial charge in [-0.1, -0.05) is 18.5 Å². The lowest BCUT2D eigenvalue weighted by Crippen LogP contribution is -2.15. The predicted molar refractivity (Wildman–Crippen MR) is 69.5 cm³/mol. The molecule has 1 aromatic heterocycles. The maximum absolute atomic E-state index is 6.09. The summed E-state index contributed by atoms with van der Waals surface area (Å²) < 4.78 is 5.63. The highest BCUT2D eigenvalue weighted by Gasteiger charge is 2.22. The third-order valence-electron chi connectivity index (χ3n) is 2.78. The molecular weight excluding hydrogens is 236 g/mol. The normalized spacial score (nSPS) is 14.9. The molecule has 0 bridgehead atoms. The number of hydrogen-bond donors (Lipinski definition) is 1. The molecule has 1 N–H and O–H groups in total. The van der Waals surface area contributed by atoms with Crippen molar-refractivity contribution in [1.82, 2.24) is 10.3 Å². The molecule has 4 heteroatoms. The second kappa shape index (κ2) is 6.22. The lowest BCUT2D eigenvalue weighted by Gasteiger charge is -2.08. The standard InChI is InChI=1S/C13H19ClN2O/c1-2-7-15-8-12-11(14)5-6-13(16-12)17-9-10-3-4-10/h5-6,10,15H,2-4,7-9H2,1H3. The van der Waals surface area contributed by atoms with Gasteiger partial charge in [0.2, 0.25) is 5.88 Å². The molecule has 0 unspecified atom stereocenters. The second-order valence-corrected chi connectivity index (χ2v) is 4.92. The van der Waals surface area contributed by atoms with Crippen LogP contribution in [-0.4, -0.2) is 18.1 Å². The molecule has 0 aliphatic heterocycles. The first-order valence-electron chi connectivity index (χ1n) is 6.28. The third kappa shape index (κ3) is 4.17. The summed E-state index contributed by atoms with van der Waals surface area (Å²) in [5, 5.41) is 4.00. The Morgan fingerprint density at radius 3 is 3.00 bits per heavy atom. The van der Waals surface area contributed by atoms with E-state index in [1.54, 1.807) is 0 Å². The molecule has 0 spiro atoms. The van der Waals surface area contributed by atoms with Gasteiger partial charge in [0.15, 0.2) is 0 Å². The molecule has 1 aromatic rings. The molecule has 3 nitrogen and oxygen atoms in total. The van der Waals surface area contributed by atoms with E-state index < -0.39 is 0 Å². The van der Waals surface area contributed by atoms with Gasteiger partial charge in [-0.05, 0) is 37.8 Å². The van der Waals surface area contributed by atoms with E-state index in [4.69, 9.17) is 16.3 Å². The van der Waals surface area contributed by atoms with Crippen LogP contribution in [0.2, 0.25) is 5.02 Å². The molecular formula is C13H19ClN2O. The van der Waals surface area contributed by atoms with Crippen molar-refractivity contribution < 1.29 is 4.74 Å². The largest absolute Gasteiger partial charge is 0.477 e. The summed E-state index contributed by atoms with van der Waals surface area (Å²) in [4.78, 5) is 4.43. The second-order valence-electron chi connectivity index (χ2n) is 4.51. The summed E-state index contributed by atoms with van der Waals surface area (Å²) >= 11 is 6.09. The van der Waals surface area contributed by atoms with Gasteiger partial charge in [0.25, 0.3) is 0 Å². The van der Waals surface area contributed by atoms with Crippen molar-refractivity contribution in [2.24, 2.45) is 5.92 Å². The lowest BCUT2D eigenvalue weighted by atomic mass is 10.3. The summed E-state index contributed by atoms with van der Waals surface area (Å²) in [7, 11) is 0. The van der Waals surface area contributed by atoms with Gasteiger partial charge in [-0.25, -0.2) is 4.98 Å². The number of rotatable bonds is 7. The Morgan fingerprint density at radius 1 is 1.47 bits per heavy atom. The molecule has 0 aromatic carbocycles. The Kier molecular flexibility index (Phi) is 4.63. The molecule has 17 heavy (non-hydrogen) atoms. The summed E-state index contributed by atoms with van der Waals surface area (Å²) in [5.74, 6) is 1.43. The molecule has 1 heterocycles. The number of pyridine rings is 1. The fourth-order valence-electron chi connectivity index (χ4n) is 1.54. The Hall–Kier alpha value is -0.800. The number of nitrogens with one attached hydrogen (secondary N) is 1. The maximum atomic E-state index is 6.09. The highest BCUT2D eigenvalue weighted by Crippen LogP contribution is 2.29. The molecule has 94 valence electrons. The molecule has 0 amide bonds. The number of ether oxygens (including phenoxy) is 1. The number of halogens is 1. The summed E-state index contributed by atoms with van der Waals surface area (Å²) in [6, 6.07) is 3.70. The average Bonchev–Trinajstić information content (AvgIpc) is 3.14. The molecule has 1 fully saturated rings. The summed E-state index contributed by atoms with van der Waals surface area (Å²) in [6.45, 7) is 4.60. The topological polar surface area (TPSA) is 34.2 Å². The van der Waals surface area contributed by atoms with Crippen LogP contribution in [-0.2, 0) is 6.54 Å². The Balaban J connectivity index is 1.90. The molecule has 2 rings (SSSR count). The molecule has 1 saturated carbocycles. The highest BCUT2D eigenvalue weighted by molar-refractivity contribution is 6.31. The number of hydrogen-bond acceptors (Lipinski definition) is 3. The van der Waals surface area contributed by atoms with Crippen LogP contribution in [0.15, 0.2) is 12.1 Å². The first kappa shape index (κ1) is 12.7. The van der Waals surface area contributed by atoms with Crippen LogP contribution < -0.4 is 10.1 Å². The minimum absolute atomic E-state index is 0.689. The van der Waals surface area contributed by atoms with Crippen LogP contribution >= 0.6 is 11.6 Å². The fourth-order valence-corrected chi connectivity index (χ4v) is 1.71. The van der Waals surface area contributed by atoms with E-state index >= 15 is 0 Å². The van der Waals surface area contributed by atoms with Gasteiger partial charge in [-0.2, -0.15) is 0 Å². The van der Waals surface area contributed by atoms with Gasteiger partial charge in [-0.15, -0.1) is 0 Å². The van der Waals surface area contributed by atoms with Gasteiger partial charge < -0.3 is 10.1 Å². The van der Waals surface area contributed by atoms with E-state index in [0.717, 1.165) is 31.2 Å². The maximum Gasteiger partial charge on any atom is 0.213 e. The summed E-state index contributed by atoms with van der Waals surface area (Å²) in [5.41, 5.74) is 0.869. The number of nitrogens with zero attached hydrogens (tertiary/aromatic N) is 1. The van der Waals surface area contributed by atoms with E-state index in [0.29, 0.717) is 17.4 Å². The molecule has 0 atom stereocenters. The van der Waals surface area contributed by atoms with Gasteiger partial charge in [-0.3, -0.25) is 0 Å². The lowest BCUT2D eigenvalue weighted by molar-refractivity contribution is 0.287. The van der Waals surface area contributed by atoms with Crippen LogP contribution in [0.3, 0.4) is 0 Å². The van der Waals surface area contributed by atoms with Crippen molar-refractivity contribution in [3.63, 3.8) is 0 Å². The monoisotopic (exact) mass is 254 g/mol. The number of aromatic nitrogens is 1. The van der Waals surface area contributed by atoms with Crippen molar-refractivity contribution in [1.29, 1.82) is 0 Å². The Morgan fingerprint density at radius 2 is 2.29 bits per heavy atom. The Labute approximate surface area is 108 Å². The van der Waals surface area contributed by atoms with Crippen LogP contribution in [0.1, 0.15) is 31.9 Å². The van der Waals surface area contributed by atoms with Crippen molar-refractivity contribution in [2.45, 2.75) is 32.7 Å². The fraction of sp³-hybridized carbons (Fsp3) is 0.615. The van der Waals surface area contributed by atoms with E-state index in [9.17, 15) is 0 Å². The van der Waals surface area contributed by atoms with Crippen molar-refractivity contribution in [3.05, 3.63) is 22.8 Å². The Bertz CT molecular complexity index is 366. The van der Waals surface area contributed by atoms with Crippen LogP contribution in [0, 0.1) is 5.92 Å². The zero-order valence-electron chi connectivity index (χ0n) is 10.2. The van der Waals surface area contributed by atoms with Crippen molar-refractivity contribution >= 4 is 11.6 Å². The van der Waals surface area contributed by atoms with Crippen LogP contribution in [0.4, 0.5) is 0 Å². The first-order valence-corrected chi connectivity index (χ1v) is 6.66. The third-order valence-corrected chi connectivity index (χ3v) is 3.12. The van der Waals surface area contributed by atoms with Gasteiger partial charge in [0, 0.05) is 12.6 Å². The minimum atomic E-state index is 0.689. The first-order chi connectivity index (χ1) is 8.29. The molecule has 0 saturated heterocycles. The minimum Gasteiger partial charge on any atom is -0.477 e. The van der Waals surface area contributed by atoms with Gasteiger partial charge >= 0.3 is 0 Å². The van der Waals surface area contributed by atoms with E-state index in [1.165, 1.54) is 12.8 Å². The van der Waals surface area contributed by atoms with Crippen molar-refractivity contribution in [2.75, 3.05) is 13.2 Å². The highest BCUT2D eigenvalue weighted by atomic mass is 35.5. The molecule has 1 aliphatic carbocycles. The zero-order chi connectivity index (χ0) is 12.1. The van der Waals surface area contributed by atoms with E-state index in [2.05, 4.69) is 17.2 Å². The van der Waals surface area contributed by atoms with Crippen LogP contribution in [0.5, 0.6) is 5.88 Å². The zero-order valence-corrected chi connectivity index (χ0v) is 11.0. The summed E-state index contributed by atoms with van der Waals surface area (Å²) in [6.07, 6.45) is 3.69. The predicted octanol–water partition coefficient (Wildman–Crippen LogP) is 3.02. The SMILES string of the molecule is CCCNCc1nc(OCC2CC2)ccc1Cl. The average molecular weight is 255 g/mol. The van der Waals surface area contributed by atoms with E-state index in [-0.39, 0.29) is 0 Å². The molecule has 0 radical (unpaired) electrons. The van der Waals surface area contributed by atoms with Crippen molar-refractivity contribution in [3.8, 4) is 5.88 Å². The van der Waals surface area contributed by atoms with Crippen LogP contribution in [0.25, 0.3) is 0 Å². The van der Waals surface area contributed by atoms with Gasteiger partial charge in [0.05, 0.1) is 17.3 Å².